The highest BCUT2D eigenvalue weighted by Crippen LogP contribution is 2.23. The predicted octanol–water partition coefficient (Wildman–Crippen LogP) is 0.529. The lowest BCUT2D eigenvalue weighted by molar-refractivity contribution is 0.00724. The van der Waals surface area contributed by atoms with Gasteiger partial charge >= 0.3 is 0 Å². The first kappa shape index (κ1) is 16.9. The lowest BCUT2D eigenvalue weighted by atomic mass is 10.1. The van der Waals surface area contributed by atoms with E-state index in [1.165, 1.54) is 0 Å². The predicted molar refractivity (Wildman–Crippen MR) is 76.0 cm³/mol. The van der Waals surface area contributed by atoms with Crippen LogP contribution in [-0.2, 0) is 14.6 Å². The smallest absolute Gasteiger partial charge is 0.157 e. The summed E-state index contributed by atoms with van der Waals surface area (Å²) < 4.78 is 28.4. The molecule has 0 aromatic rings. The Hall–Kier alpha value is -0.170. The molecule has 0 bridgehead atoms. The van der Waals surface area contributed by atoms with Gasteiger partial charge in [0.2, 0.25) is 0 Å². The number of hydrogen-bond acceptors (Lipinski definition) is 5. The fraction of sp³-hybridized carbons (Fsp3) is 1.00. The lowest BCUT2D eigenvalue weighted by Crippen LogP contribution is -2.54. The van der Waals surface area contributed by atoms with Gasteiger partial charge in [-0.3, -0.25) is 4.90 Å². The zero-order chi connectivity index (χ0) is 14.7. The van der Waals surface area contributed by atoms with Gasteiger partial charge in [-0.25, -0.2) is 8.42 Å². The molecule has 0 saturated carbocycles. The van der Waals surface area contributed by atoms with Gasteiger partial charge in [-0.2, -0.15) is 0 Å². The fourth-order valence-electron chi connectivity index (χ4n) is 2.19. The number of hydrogen-bond donors (Lipinski definition) is 1. The van der Waals surface area contributed by atoms with Crippen LogP contribution in [0.25, 0.3) is 0 Å². The van der Waals surface area contributed by atoms with Crippen molar-refractivity contribution >= 4 is 9.84 Å². The Balaban J connectivity index is 2.38. The van der Waals surface area contributed by atoms with Crippen molar-refractivity contribution in [3.8, 4) is 0 Å². The molecule has 1 aliphatic heterocycles. The minimum atomic E-state index is -3.01. The number of sulfone groups is 1. The molecule has 1 N–H and O–H groups in total. The third kappa shape index (κ3) is 5.02. The van der Waals surface area contributed by atoms with Crippen LogP contribution in [0.15, 0.2) is 0 Å². The molecule has 1 saturated heterocycles. The van der Waals surface area contributed by atoms with Crippen LogP contribution >= 0.6 is 0 Å². The van der Waals surface area contributed by atoms with E-state index in [0.717, 1.165) is 0 Å². The molecule has 114 valence electrons. The summed E-state index contributed by atoms with van der Waals surface area (Å²) >= 11 is 0. The van der Waals surface area contributed by atoms with Gasteiger partial charge in [0, 0.05) is 26.2 Å². The molecule has 1 atom stereocenters. The zero-order valence-electron chi connectivity index (χ0n) is 12.4. The molecule has 1 fully saturated rings. The number of rotatable bonds is 6. The van der Waals surface area contributed by atoms with Gasteiger partial charge in [-0.1, -0.05) is 13.8 Å². The average Bonchev–Trinajstić information content (AvgIpc) is 2.23. The largest absolute Gasteiger partial charge is 0.389 e. The Morgan fingerprint density at radius 2 is 1.95 bits per heavy atom. The van der Waals surface area contributed by atoms with E-state index in [2.05, 4.69) is 13.8 Å². The van der Waals surface area contributed by atoms with Crippen molar-refractivity contribution in [3.05, 3.63) is 0 Å². The lowest BCUT2D eigenvalue weighted by Gasteiger charge is -2.38. The second kappa shape index (κ2) is 6.52. The topological polar surface area (TPSA) is 66.8 Å². The highest BCUT2D eigenvalue weighted by molar-refractivity contribution is 7.92. The molecule has 1 heterocycles. The van der Waals surface area contributed by atoms with Crippen molar-refractivity contribution in [1.82, 2.24) is 4.90 Å². The highest BCUT2D eigenvalue weighted by Gasteiger charge is 2.40. The first-order chi connectivity index (χ1) is 8.64. The summed E-state index contributed by atoms with van der Waals surface area (Å²) in [6, 6.07) is 0. The van der Waals surface area contributed by atoms with E-state index in [4.69, 9.17) is 4.74 Å². The van der Waals surface area contributed by atoms with E-state index in [9.17, 15) is 13.5 Å². The van der Waals surface area contributed by atoms with E-state index in [0.29, 0.717) is 38.8 Å². The SMILES string of the molecule is CC(C)COC[C@@H](O)CN1CCS(=O)(=O)C(C)(C)C1. The zero-order valence-corrected chi connectivity index (χ0v) is 13.2. The molecular weight excluding hydrogens is 266 g/mol. The van der Waals surface area contributed by atoms with E-state index >= 15 is 0 Å². The Morgan fingerprint density at radius 3 is 2.47 bits per heavy atom. The summed E-state index contributed by atoms with van der Waals surface area (Å²) in [4.78, 5) is 2.00. The number of β-amino-alcohol motifs (C(OH)–C–C–N with tert-alkyl or cyclic N) is 1. The van der Waals surface area contributed by atoms with E-state index in [-0.39, 0.29) is 5.75 Å². The number of nitrogens with zero attached hydrogens (tertiary/aromatic N) is 1. The molecule has 0 aliphatic carbocycles. The molecule has 0 amide bonds. The molecule has 0 spiro atoms. The van der Waals surface area contributed by atoms with Gasteiger partial charge < -0.3 is 9.84 Å². The second-order valence-electron chi connectivity index (χ2n) is 6.40. The third-order valence-electron chi connectivity index (χ3n) is 3.35. The molecule has 1 aliphatic rings. The van der Waals surface area contributed by atoms with Crippen molar-refractivity contribution in [1.29, 1.82) is 0 Å². The van der Waals surface area contributed by atoms with Gasteiger partial charge in [0.1, 0.15) is 0 Å². The molecule has 0 radical (unpaired) electrons. The summed E-state index contributed by atoms with van der Waals surface area (Å²) in [5, 5.41) is 9.90. The second-order valence-corrected chi connectivity index (χ2v) is 9.14. The van der Waals surface area contributed by atoms with Crippen molar-refractivity contribution in [2.45, 2.75) is 38.5 Å². The Labute approximate surface area is 116 Å². The summed E-state index contributed by atoms with van der Waals surface area (Å²) in [6.07, 6.45) is -0.560. The Bertz CT molecular complexity index is 378. The van der Waals surface area contributed by atoms with Crippen molar-refractivity contribution in [2.24, 2.45) is 5.92 Å². The van der Waals surface area contributed by atoms with Crippen LogP contribution in [-0.4, -0.2) is 67.9 Å². The third-order valence-corrected chi connectivity index (χ3v) is 5.89. The van der Waals surface area contributed by atoms with Crippen LogP contribution in [0.3, 0.4) is 0 Å². The normalized spacial score (nSPS) is 24.5. The molecule has 1 rings (SSSR count). The van der Waals surface area contributed by atoms with Gasteiger partial charge in [0.15, 0.2) is 9.84 Å². The molecule has 19 heavy (non-hydrogen) atoms. The van der Waals surface area contributed by atoms with E-state index in [1.54, 1.807) is 13.8 Å². The minimum Gasteiger partial charge on any atom is -0.389 e. The van der Waals surface area contributed by atoms with Crippen molar-refractivity contribution < 1.29 is 18.3 Å². The minimum absolute atomic E-state index is 0.166. The van der Waals surface area contributed by atoms with Gasteiger partial charge in [0.05, 0.1) is 23.2 Å². The van der Waals surface area contributed by atoms with Crippen LogP contribution in [0.4, 0.5) is 0 Å². The van der Waals surface area contributed by atoms with Gasteiger partial charge in [-0.05, 0) is 19.8 Å². The van der Waals surface area contributed by atoms with Gasteiger partial charge in [0.25, 0.3) is 0 Å². The summed E-state index contributed by atoms with van der Waals surface area (Å²) in [5.41, 5.74) is 0. The maximum atomic E-state index is 11.9. The molecule has 0 aromatic heterocycles. The summed E-state index contributed by atoms with van der Waals surface area (Å²) in [6.45, 7) is 9.99. The average molecular weight is 293 g/mol. The molecule has 0 aromatic carbocycles. The van der Waals surface area contributed by atoms with Crippen LogP contribution < -0.4 is 0 Å². The van der Waals surface area contributed by atoms with Gasteiger partial charge in [-0.15, -0.1) is 0 Å². The molecule has 5 nitrogen and oxygen atoms in total. The molecular formula is C13H27NO4S. The fourth-order valence-corrected chi connectivity index (χ4v) is 3.62. The first-order valence-corrected chi connectivity index (χ1v) is 8.50. The summed E-state index contributed by atoms with van der Waals surface area (Å²) in [7, 11) is -3.01. The monoisotopic (exact) mass is 293 g/mol. The summed E-state index contributed by atoms with van der Waals surface area (Å²) in [5.74, 6) is 0.616. The number of aliphatic hydroxyl groups is 1. The molecule has 6 heteroatoms. The highest BCUT2D eigenvalue weighted by atomic mass is 32.2. The standard InChI is InChI=1S/C13H27NO4S/c1-11(2)8-18-9-12(15)7-14-5-6-19(16,17)13(3,4)10-14/h11-12,15H,5-10H2,1-4H3/t12-/m0/s1. The Morgan fingerprint density at radius 1 is 1.32 bits per heavy atom. The first-order valence-electron chi connectivity index (χ1n) is 6.84. The maximum absolute atomic E-state index is 11.9. The number of aliphatic hydroxyl groups excluding tert-OH is 1. The molecule has 0 unspecified atom stereocenters. The number of ether oxygens (including phenoxy) is 1. The van der Waals surface area contributed by atoms with Crippen LogP contribution in [0.5, 0.6) is 0 Å². The van der Waals surface area contributed by atoms with E-state index < -0.39 is 20.7 Å². The van der Waals surface area contributed by atoms with Crippen LogP contribution in [0.2, 0.25) is 0 Å². The quantitative estimate of drug-likeness (QED) is 0.774. The van der Waals surface area contributed by atoms with Crippen molar-refractivity contribution in [2.75, 3.05) is 38.6 Å². The van der Waals surface area contributed by atoms with Crippen LogP contribution in [0, 0.1) is 5.92 Å². The Kier molecular flexibility index (Phi) is 5.79. The van der Waals surface area contributed by atoms with E-state index in [1.807, 2.05) is 4.90 Å². The van der Waals surface area contributed by atoms with Crippen LogP contribution in [0.1, 0.15) is 27.7 Å². The van der Waals surface area contributed by atoms with Crippen molar-refractivity contribution in [3.63, 3.8) is 0 Å². The maximum Gasteiger partial charge on any atom is 0.157 e.